The molecular formula is C17H12ClF3N6. The Bertz CT molecular complexity index is 1170. The lowest BCUT2D eigenvalue weighted by Crippen LogP contribution is -2.07. The van der Waals surface area contributed by atoms with Crippen molar-refractivity contribution in [1.29, 1.82) is 0 Å². The van der Waals surface area contributed by atoms with Crippen LogP contribution >= 0.6 is 11.6 Å². The van der Waals surface area contributed by atoms with Gasteiger partial charge < -0.3 is 0 Å². The molecule has 138 valence electrons. The van der Waals surface area contributed by atoms with Crippen molar-refractivity contribution < 1.29 is 13.2 Å². The second kappa shape index (κ2) is 5.66. The normalized spacial score (nSPS) is 15.1. The van der Waals surface area contributed by atoms with Crippen molar-refractivity contribution in [2.24, 2.45) is 5.92 Å². The van der Waals surface area contributed by atoms with Crippen LogP contribution in [0.1, 0.15) is 18.4 Å². The van der Waals surface area contributed by atoms with Gasteiger partial charge in [-0.3, -0.25) is 4.68 Å². The number of aromatic nitrogens is 6. The molecular weight excluding hydrogens is 381 g/mol. The first-order valence-electron chi connectivity index (χ1n) is 8.35. The monoisotopic (exact) mass is 392 g/mol. The second-order valence-electron chi connectivity index (χ2n) is 6.65. The van der Waals surface area contributed by atoms with Crippen molar-refractivity contribution in [3.63, 3.8) is 0 Å². The minimum absolute atomic E-state index is 0.182. The highest BCUT2D eigenvalue weighted by Crippen LogP contribution is 2.36. The highest BCUT2D eigenvalue weighted by molar-refractivity contribution is 6.29. The number of nitrogens with zero attached hydrogens (tertiary/aromatic N) is 6. The lowest BCUT2D eigenvalue weighted by Gasteiger charge is -2.10. The fraction of sp³-hybridized carbons (Fsp3) is 0.294. The Labute approximate surface area is 155 Å². The molecule has 0 atom stereocenters. The van der Waals surface area contributed by atoms with E-state index in [9.17, 15) is 13.2 Å². The van der Waals surface area contributed by atoms with Crippen molar-refractivity contribution in [3.8, 4) is 11.4 Å². The Balaban J connectivity index is 1.67. The van der Waals surface area contributed by atoms with Gasteiger partial charge in [-0.05, 0) is 42.5 Å². The van der Waals surface area contributed by atoms with Gasteiger partial charge in [-0.2, -0.15) is 22.8 Å². The first-order valence-corrected chi connectivity index (χ1v) is 8.73. The van der Waals surface area contributed by atoms with Gasteiger partial charge in [-0.25, -0.2) is 9.97 Å². The molecule has 0 radical (unpaired) electrons. The first-order chi connectivity index (χ1) is 12.9. The van der Waals surface area contributed by atoms with Crippen LogP contribution < -0.4 is 0 Å². The third-order valence-electron chi connectivity index (χ3n) is 4.60. The molecule has 6 nitrogen and oxygen atoms in total. The summed E-state index contributed by atoms with van der Waals surface area (Å²) in [5.74, 6) is 1.00. The Hall–Kier alpha value is -2.68. The van der Waals surface area contributed by atoms with Gasteiger partial charge in [0.05, 0.1) is 22.8 Å². The average Bonchev–Trinajstić information content (AvgIpc) is 3.12. The smallest absolute Gasteiger partial charge is 0.272 e. The van der Waals surface area contributed by atoms with Crippen molar-refractivity contribution in [2.75, 3.05) is 0 Å². The van der Waals surface area contributed by atoms with E-state index in [-0.39, 0.29) is 21.8 Å². The van der Waals surface area contributed by atoms with E-state index >= 15 is 0 Å². The molecule has 3 aromatic heterocycles. The van der Waals surface area contributed by atoms with E-state index in [0.29, 0.717) is 17.3 Å². The molecule has 3 heterocycles. The lowest BCUT2D eigenvalue weighted by molar-refractivity contribution is -0.136. The van der Waals surface area contributed by atoms with E-state index in [2.05, 4.69) is 20.2 Å². The number of para-hydroxylation sites is 1. The van der Waals surface area contributed by atoms with Gasteiger partial charge in [0.15, 0.2) is 11.5 Å². The maximum absolute atomic E-state index is 13.3. The summed E-state index contributed by atoms with van der Waals surface area (Å²) in [6.45, 7) is 0.841. The van der Waals surface area contributed by atoms with E-state index in [1.807, 2.05) is 10.9 Å². The molecule has 1 aliphatic rings. The minimum Gasteiger partial charge on any atom is -0.272 e. The predicted molar refractivity (Wildman–Crippen MR) is 92.2 cm³/mol. The van der Waals surface area contributed by atoms with Gasteiger partial charge in [0.2, 0.25) is 5.28 Å². The molecule has 1 fully saturated rings. The van der Waals surface area contributed by atoms with Gasteiger partial charge in [-0.1, -0.05) is 6.07 Å². The molecule has 10 heteroatoms. The Morgan fingerprint density at radius 3 is 2.74 bits per heavy atom. The number of benzene rings is 1. The van der Waals surface area contributed by atoms with Crippen LogP contribution in [0.4, 0.5) is 13.2 Å². The van der Waals surface area contributed by atoms with Gasteiger partial charge in [0.1, 0.15) is 0 Å². The molecule has 27 heavy (non-hydrogen) atoms. The van der Waals surface area contributed by atoms with Crippen molar-refractivity contribution in [2.45, 2.75) is 25.6 Å². The third-order valence-corrected chi connectivity index (χ3v) is 4.85. The zero-order valence-electron chi connectivity index (χ0n) is 13.8. The summed E-state index contributed by atoms with van der Waals surface area (Å²) < 4.78 is 43.0. The molecule has 0 bridgehead atoms. The zero-order chi connectivity index (χ0) is 18.8. The summed E-state index contributed by atoms with van der Waals surface area (Å²) in [6.07, 6.45) is 1.34. The molecule has 1 aromatic carbocycles. The molecule has 0 amide bonds. The van der Waals surface area contributed by atoms with E-state index in [1.54, 1.807) is 6.20 Å². The minimum atomic E-state index is -4.54. The molecule has 0 spiro atoms. The van der Waals surface area contributed by atoms with E-state index in [4.69, 9.17) is 11.6 Å². The predicted octanol–water partition coefficient (Wildman–Crippen LogP) is 4.22. The van der Waals surface area contributed by atoms with Crippen LogP contribution in [-0.4, -0.2) is 29.4 Å². The topological polar surface area (TPSA) is 60.9 Å². The maximum atomic E-state index is 13.3. The number of hydrogen-bond acceptors (Lipinski definition) is 4. The molecule has 1 aliphatic carbocycles. The lowest BCUT2D eigenvalue weighted by atomic mass is 10.1. The highest BCUT2D eigenvalue weighted by atomic mass is 35.5. The molecule has 0 aliphatic heterocycles. The Kier molecular flexibility index (Phi) is 3.45. The summed E-state index contributed by atoms with van der Waals surface area (Å²) in [6, 6.07) is 3.82. The van der Waals surface area contributed by atoms with E-state index < -0.39 is 11.7 Å². The number of alkyl halides is 3. The number of hydrogen-bond donors (Lipinski definition) is 0. The molecule has 0 saturated heterocycles. The molecule has 0 N–H and O–H groups in total. The van der Waals surface area contributed by atoms with Gasteiger partial charge in [-0.15, -0.1) is 5.10 Å². The number of halogens is 4. The zero-order valence-corrected chi connectivity index (χ0v) is 14.5. The first kappa shape index (κ1) is 16.5. The van der Waals surface area contributed by atoms with Crippen LogP contribution in [0.15, 0.2) is 30.6 Å². The van der Waals surface area contributed by atoms with Crippen LogP contribution in [0.3, 0.4) is 0 Å². The summed E-state index contributed by atoms with van der Waals surface area (Å²) in [4.78, 5) is 8.33. The Morgan fingerprint density at radius 1 is 1.19 bits per heavy atom. The van der Waals surface area contributed by atoms with Crippen LogP contribution in [0.5, 0.6) is 0 Å². The van der Waals surface area contributed by atoms with Gasteiger partial charge in [0, 0.05) is 18.1 Å². The molecule has 0 unspecified atom stereocenters. The second-order valence-corrected chi connectivity index (χ2v) is 6.98. The van der Waals surface area contributed by atoms with Crippen LogP contribution in [0, 0.1) is 5.92 Å². The fourth-order valence-corrected chi connectivity index (χ4v) is 3.30. The van der Waals surface area contributed by atoms with Crippen molar-refractivity contribution >= 4 is 28.2 Å². The quantitative estimate of drug-likeness (QED) is 0.490. The SMILES string of the molecule is FC(F)(F)c1cccc2c1nc(Cl)n1nc(-c3cnn(CC4CC4)c3)nc21. The van der Waals surface area contributed by atoms with Gasteiger partial charge >= 0.3 is 6.18 Å². The number of rotatable bonds is 3. The highest BCUT2D eigenvalue weighted by Gasteiger charge is 2.34. The van der Waals surface area contributed by atoms with Crippen molar-refractivity contribution in [3.05, 3.63) is 41.4 Å². The average molecular weight is 393 g/mol. The number of fused-ring (bicyclic) bond motifs is 3. The summed E-state index contributed by atoms with van der Waals surface area (Å²) in [5, 5.41) is 8.67. The summed E-state index contributed by atoms with van der Waals surface area (Å²) in [7, 11) is 0. The van der Waals surface area contributed by atoms with Gasteiger partial charge in [0.25, 0.3) is 0 Å². The van der Waals surface area contributed by atoms with Crippen LogP contribution in [0.25, 0.3) is 27.9 Å². The summed E-state index contributed by atoms with van der Waals surface area (Å²) in [5.41, 5.74) is -0.200. The molecule has 1 saturated carbocycles. The standard InChI is InChI=1S/C17H12ClF3N6/c18-16-23-13-11(2-1-3-12(13)17(19,20)21)15-24-14(25-27(15)16)10-6-22-26(8-10)7-9-4-5-9/h1-3,6,8-9H,4-5,7H2. The summed E-state index contributed by atoms with van der Waals surface area (Å²) >= 11 is 6.10. The van der Waals surface area contributed by atoms with E-state index in [1.165, 1.54) is 29.5 Å². The largest absolute Gasteiger partial charge is 0.418 e. The van der Waals surface area contributed by atoms with Crippen LogP contribution in [0.2, 0.25) is 5.28 Å². The van der Waals surface area contributed by atoms with Crippen LogP contribution in [-0.2, 0) is 12.7 Å². The molecule has 4 aromatic rings. The fourth-order valence-electron chi connectivity index (χ4n) is 3.09. The van der Waals surface area contributed by atoms with Crippen molar-refractivity contribution in [1.82, 2.24) is 29.4 Å². The van der Waals surface area contributed by atoms with E-state index in [0.717, 1.165) is 12.6 Å². The maximum Gasteiger partial charge on any atom is 0.418 e. The molecule has 5 rings (SSSR count). The third kappa shape index (κ3) is 2.82. The Morgan fingerprint density at radius 2 is 2.00 bits per heavy atom.